The topological polar surface area (TPSA) is 67.2 Å². The SMILES string of the molecule is COC(=O)c1ccc(C(Br)C(C)=O)c(C#N)c1. The Morgan fingerprint density at radius 2 is 2.12 bits per heavy atom. The second-order valence-electron chi connectivity index (χ2n) is 3.38. The maximum absolute atomic E-state index is 11.3. The van der Waals surface area contributed by atoms with Gasteiger partial charge in [-0.2, -0.15) is 5.26 Å². The van der Waals surface area contributed by atoms with Crippen LogP contribution in [-0.4, -0.2) is 18.9 Å². The van der Waals surface area contributed by atoms with Gasteiger partial charge in [-0.15, -0.1) is 0 Å². The van der Waals surface area contributed by atoms with Crippen molar-refractivity contribution in [3.63, 3.8) is 0 Å². The molecule has 0 heterocycles. The van der Waals surface area contributed by atoms with E-state index in [9.17, 15) is 9.59 Å². The van der Waals surface area contributed by atoms with E-state index in [2.05, 4.69) is 20.7 Å². The largest absolute Gasteiger partial charge is 0.465 e. The first kappa shape index (κ1) is 13.4. The van der Waals surface area contributed by atoms with Crippen LogP contribution in [0, 0.1) is 11.3 Å². The predicted octanol–water partition coefficient (Wildman–Crippen LogP) is 2.37. The van der Waals surface area contributed by atoms with Crippen LogP contribution in [-0.2, 0) is 9.53 Å². The maximum atomic E-state index is 11.3. The first-order valence-electron chi connectivity index (χ1n) is 4.78. The number of rotatable bonds is 3. The van der Waals surface area contributed by atoms with Gasteiger partial charge < -0.3 is 4.74 Å². The lowest BCUT2D eigenvalue weighted by atomic mass is 10.0. The van der Waals surface area contributed by atoms with Gasteiger partial charge >= 0.3 is 5.97 Å². The van der Waals surface area contributed by atoms with Crippen molar-refractivity contribution in [2.75, 3.05) is 7.11 Å². The third-order valence-electron chi connectivity index (χ3n) is 2.22. The normalized spacial score (nSPS) is 11.4. The standard InChI is InChI=1S/C12H10BrNO3/c1-7(15)11(13)10-4-3-8(12(16)17-2)5-9(10)6-14/h3-5,11H,1-2H3. The van der Waals surface area contributed by atoms with Crippen LogP contribution in [0.5, 0.6) is 0 Å². The van der Waals surface area contributed by atoms with Gasteiger partial charge in [-0.05, 0) is 24.6 Å². The van der Waals surface area contributed by atoms with Crippen molar-refractivity contribution in [1.82, 2.24) is 0 Å². The minimum absolute atomic E-state index is 0.104. The number of alkyl halides is 1. The minimum Gasteiger partial charge on any atom is -0.465 e. The summed E-state index contributed by atoms with van der Waals surface area (Å²) in [6.07, 6.45) is 0. The van der Waals surface area contributed by atoms with E-state index in [1.165, 1.54) is 26.2 Å². The summed E-state index contributed by atoms with van der Waals surface area (Å²) in [7, 11) is 1.27. The third-order valence-corrected chi connectivity index (χ3v) is 3.36. The molecule has 0 radical (unpaired) electrons. The molecule has 0 aliphatic rings. The zero-order valence-electron chi connectivity index (χ0n) is 9.36. The molecule has 0 saturated carbocycles. The van der Waals surface area contributed by atoms with Crippen molar-refractivity contribution in [3.05, 3.63) is 34.9 Å². The lowest BCUT2D eigenvalue weighted by molar-refractivity contribution is -0.116. The number of ketones is 1. The summed E-state index contributed by atoms with van der Waals surface area (Å²) in [6.45, 7) is 1.43. The molecule has 1 rings (SSSR count). The van der Waals surface area contributed by atoms with E-state index < -0.39 is 10.8 Å². The van der Waals surface area contributed by atoms with E-state index in [1.807, 2.05) is 6.07 Å². The average molecular weight is 296 g/mol. The van der Waals surface area contributed by atoms with Crippen LogP contribution in [0.2, 0.25) is 0 Å². The highest BCUT2D eigenvalue weighted by Gasteiger charge is 2.18. The van der Waals surface area contributed by atoms with Crippen molar-refractivity contribution in [3.8, 4) is 6.07 Å². The monoisotopic (exact) mass is 295 g/mol. The number of halogens is 1. The lowest BCUT2D eigenvalue weighted by Crippen LogP contribution is -2.06. The van der Waals surface area contributed by atoms with Crippen molar-refractivity contribution in [2.45, 2.75) is 11.8 Å². The van der Waals surface area contributed by atoms with Crippen molar-refractivity contribution < 1.29 is 14.3 Å². The van der Waals surface area contributed by atoms with Gasteiger partial charge in [0, 0.05) is 0 Å². The molecule has 1 atom stereocenters. The molecular formula is C12H10BrNO3. The summed E-state index contributed by atoms with van der Waals surface area (Å²) in [4.78, 5) is 22.0. The summed E-state index contributed by atoms with van der Waals surface area (Å²) < 4.78 is 4.56. The Bertz CT molecular complexity index is 505. The molecule has 0 saturated heterocycles. The van der Waals surface area contributed by atoms with Crippen LogP contribution < -0.4 is 0 Å². The van der Waals surface area contributed by atoms with Gasteiger partial charge in [-0.1, -0.05) is 22.0 Å². The molecule has 17 heavy (non-hydrogen) atoms. The summed E-state index contributed by atoms with van der Waals surface area (Å²) in [6, 6.07) is 6.48. The Morgan fingerprint density at radius 1 is 1.47 bits per heavy atom. The fraction of sp³-hybridized carbons (Fsp3) is 0.250. The molecule has 0 N–H and O–H groups in total. The molecule has 0 amide bonds. The highest BCUT2D eigenvalue weighted by molar-refractivity contribution is 9.09. The average Bonchev–Trinajstić information content (AvgIpc) is 2.35. The molecular weight excluding hydrogens is 286 g/mol. The minimum atomic E-state index is -0.538. The predicted molar refractivity (Wildman–Crippen MR) is 64.8 cm³/mol. The number of Topliss-reactive ketones (excluding diaryl/α,β-unsaturated/α-hetero) is 1. The van der Waals surface area contributed by atoms with E-state index >= 15 is 0 Å². The van der Waals surface area contributed by atoms with Gasteiger partial charge in [0.15, 0.2) is 0 Å². The Kier molecular flexibility index (Phi) is 4.41. The van der Waals surface area contributed by atoms with Gasteiger partial charge in [-0.25, -0.2) is 4.79 Å². The summed E-state index contributed by atoms with van der Waals surface area (Å²) >= 11 is 3.20. The molecule has 0 aliphatic carbocycles. The molecule has 88 valence electrons. The fourth-order valence-electron chi connectivity index (χ4n) is 1.34. The van der Waals surface area contributed by atoms with Crippen molar-refractivity contribution in [2.24, 2.45) is 0 Å². The van der Waals surface area contributed by atoms with E-state index in [1.54, 1.807) is 6.07 Å². The second-order valence-corrected chi connectivity index (χ2v) is 4.29. The summed E-state index contributed by atoms with van der Waals surface area (Å²) in [5.74, 6) is -0.616. The maximum Gasteiger partial charge on any atom is 0.337 e. The molecule has 1 aromatic carbocycles. The smallest absolute Gasteiger partial charge is 0.337 e. The van der Waals surface area contributed by atoms with Crippen LogP contribution in [0.4, 0.5) is 0 Å². The molecule has 5 heteroatoms. The molecule has 0 aliphatic heterocycles. The van der Waals surface area contributed by atoms with Gasteiger partial charge in [0.1, 0.15) is 5.78 Å². The molecule has 0 fully saturated rings. The quantitative estimate of drug-likeness (QED) is 0.634. The first-order chi connectivity index (χ1) is 8.01. The van der Waals surface area contributed by atoms with Gasteiger partial charge in [-0.3, -0.25) is 4.79 Å². The van der Waals surface area contributed by atoms with Crippen molar-refractivity contribution >= 4 is 27.7 Å². The molecule has 0 bridgehead atoms. The first-order valence-corrected chi connectivity index (χ1v) is 5.69. The number of ether oxygens (including phenoxy) is 1. The molecule has 0 spiro atoms. The van der Waals surface area contributed by atoms with Crippen LogP contribution in [0.25, 0.3) is 0 Å². The van der Waals surface area contributed by atoms with Gasteiger partial charge in [0.25, 0.3) is 0 Å². The number of carbonyl (C=O) groups is 2. The number of nitrogens with zero attached hydrogens (tertiary/aromatic N) is 1. The third kappa shape index (κ3) is 2.92. The van der Waals surface area contributed by atoms with Crippen molar-refractivity contribution in [1.29, 1.82) is 5.26 Å². The fourth-order valence-corrected chi connectivity index (χ4v) is 1.74. The van der Waals surface area contributed by atoms with Crippen LogP contribution >= 0.6 is 15.9 Å². The molecule has 0 aromatic heterocycles. The Labute approximate surface area is 107 Å². The van der Waals surface area contributed by atoms with Crippen LogP contribution in [0.1, 0.15) is 33.2 Å². The number of esters is 1. The lowest BCUT2D eigenvalue weighted by Gasteiger charge is -2.09. The summed E-state index contributed by atoms with van der Waals surface area (Å²) in [5, 5.41) is 8.99. The zero-order valence-corrected chi connectivity index (χ0v) is 10.9. The molecule has 1 aromatic rings. The summed E-state index contributed by atoms with van der Waals surface area (Å²) in [5.41, 5.74) is 1.12. The number of nitriles is 1. The Hall–Kier alpha value is -1.67. The van der Waals surface area contributed by atoms with E-state index in [-0.39, 0.29) is 16.9 Å². The number of carbonyl (C=O) groups excluding carboxylic acids is 2. The van der Waals surface area contributed by atoms with Crippen LogP contribution in [0.3, 0.4) is 0 Å². The molecule has 4 nitrogen and oxygen atoms in total. The Morgan fingerprint density at radius 3 is 2.59 bits per heavy atom. The van der Waals surface area contributed by atoms with E-state index in [0.29, 0.717) is 5.56 Å². The molecule has 1 unspecified atom stereocenters. The zero-order chi connectivity index (χ0) is 13.0. The second kappa shape index (κ2) is 5.60. The highest BCUT2D eigenvalue weighted by atomic mass is 79.9. The Balaban J connectivity index is 3.24. The van der Waals surface area contributed by atoms with Gasteiger partial charge in [0.2, 0.25) is 0 Å². The van der Waals surface area contributed by atoms with E-state index in [4.69, 9.17) is 5.26 Å². The highest BCUT2D eigenvalue weighted by Crippen LogP contribution is 2.27. The number of methoxy groups -OCH3 is 1. The van der Waals surface area contributed by atoms with Gasteiger partial charge in [0.05, 0.1) is 29.1 Å². The number of hydrogen-bond donors (Lipinski definition) is 0. The van der Waals surface area contributed by atoms with Crippen LogP contribution in [0.15, 0.2) is 18.2 Å². The van der Waals surface area contributed by atoms with E-state index in [0.717, 1.165) is 0 Å². The number of hydrogen-bond acceptors (Lipinski definition) is 4. The number of benzene rings is 1.